The van der Waals surface area contributed by atoms with Gasteiger partial charge in [-0.15, -0.1) is 0 Å². The number of carbonyl (C=O) groups is 1. The molecule has 232 valence electrons. The number of hydrogen-bond acceptors (Lipinski definition) is 8. The van der Waals surface area contributed by atoms with Crippen LogP contribution < -0.4 is 14.2 Å². The fourth-order valence-corrected chi connectivity index (χ4v) is 6.95. The number of methoxy groups -OCH3 is 1. The molecule has 0 saturated carbocycles. The Kier molecular flexibility index (Phi) is 9.70. The van der Waals surface area contributed by atoms with Crippen molar-refractivity contribution in [3.05, 3.63) is 77.9 Å². The lowest BCUT2D eigenvalue weighted by Crippen LogP contribution is -2.50. The first-order valence-electron chi connectivity index (χ1n) is 13.7. The van der Waals surface area contributed by atoms with Crippen LogP contribution in [0.1, 0.15) is 29.8 Å². The molecule has 0 bridgehead atoms. The van der Waals surface area contributed by atoms with Gasteiger partial charge < -0.3 is 19.5 Å². The van der Waals surface area contributed by atoms with Gasteiger partial charge in [0, 0.05) is 25.2 Å². The molecule has 13 heteroatoms. The van der Waals surface area contributed by atoms with Crippen molar-refractivity contribution in [1.82, 2.24) is 9.21 Å². The van der Waals surface area contributed by atoms with Gasteiger partial charge in [0.1, 0.15) is 17.6 Å². The molecule has 0 saturated heterocycles. The van der Waals surface area contributed by atoms with Gasteiger partial charge in [0.2, 0.25) is 10.0 Å². The van der Waals surface area contributed by atoms with Crippen molar-refractivity contribution in [2.75, 3.05) is 38.6 Å². The van der Waals surface area contributed by atoms with E-state index < -0.39 is 38.1 Å². The maximum absolute atomic E-state index is 13.7. The number of anilines is 1. The number of aliphatic hydroxyl groups excluding tert-OH is 1. The second kappa shape index (κ2) is 12.9. The Labute approximate surface area is 253 Å². The van der Waals surface area contributed by atoms with Gasteiger partial charge >= 0.3 is 0 Å². The van der Waals surface area contributed by atoms with Crippen LogP contribution in [0.3, 0.4) is 0 Å². The van der Waals surface area contributed by atoms with E-state index in [1.165, 1.54) is 65.8 Å². The number of amides is 1. The van der Waals surface area contributed by atoms with E-state index in [4.69, 9.17) is 9.47 Å². The summed E-state index contributed by atoms with van der Waals surface area (Å²) in [5.74, 6) is -0.0829. The van der Waals surface area contributed by atoms with E-state index in [-0.39, 0.29) is 52.4 Å². The van der Waals surface area contributed by atoms with Gasteiger partial charge in [-0.3, -0.25) is 9.52 Å². The lowest BCUT2D eigenvalue weighted by Gasteiger charge is -2.38. The van der Waals surface area contributed by atoms with Crippen molar-refractivity contribution < 1.29 is 36.2 Å². The number of benzene rings is 3. The fraction of sp³-hybridized carbons (Fsp3) is 0.367. The number of rotatable bonds is 10. The lowest BCUT2D eigenvalue weighted by atomic mass is 9.99. The number of nitrogens with zero attached hydrogens (tertiary/aromatic N) is 2. The molecule has 0 fully saturated rings. The summed E-state index contributed by atoms with van der Waals surface area (Å²) in [6.07, 6.45) is -0.687. The number of hydrogen-bond donors (Lipinski definition) is 2. The number of aryl methyl sites for hydroxylation is 1. The van der Waals surface area contributed by atoms with Crippen LogP contribution in [0.2, 0.25) is 0 Å². The van der Waals surface area contributed by atoms with E-state index in [0.717, 1.165) is 5.56 Å². The zero-order chi connectivity index (χ0) is 31.5. The van der Waals surface area contributed by atoms with Crippen LogP contribution in [0.15, 0.2) is 76.5 Å². The predicted molar refractivity (Wildman–Crippen MR) is 162 cm³/mol. The van der Waals surface area contributed by atoms with Gasteiger partial charge in [-0.25, -0.2) is 16.8 Å². The van der Waals surface area contributed by atoms with Crippen molar-refractivity contribution in [2.24, 2.45) is 5.92 Å². The highest BCUT2D eigenvalue weighted by molar-refractivity contribution is 7.92. The minimum atomic E-state index is -3.94. The molecule has 3 aromatic carbocycles. The highest BCUT2D eigenvalue weighted by Gasteiger charge is 2.35. The van der Waals surface area contributed by atoms with E-state index in [1.807, 2.05) is 13.8 Å². The second-order valence-corrected chi connectivity index (χ2v) is 14.4. The van der Waals surface area contributed by atoms with Crippen LogP contribution in [-0.4, -0.2) is 83.1 Å². The van der Waals surface area contributed by atoms with E-state index in [9.17, 15) is 26.7 Å². The highest BCUT2D eigenvalue weighted by Crippen LogP contribution is 2.32. The van der Waals surface area contributed by atoms with Crippen LogP contribution >= 0.6 is 0 Å². The van der Waals surface area contributed by atoms with Crippen LogP contribution in [0.25, 0.3) is 0 Å². The molecule has 0 radical (unpaired) electrons. The molecule has 0 aliphatic carbocycles. The van der Waals surface area contributed by atoms with Gasteiger partial charge in [-0.05, 0) is 68.4 Å². The largest absolute Gasteiger partial charge is 0.497 e. The van der Waals surface area contributed by atoms with Crippen LogP contribution in [-0.2, 0) is 20.0 Å². The molecular weight excluding hydrogens is 594 g/mol. The van der Waals surface area contributed by atoms with Crippen molar-refractivity contribution in [1.29, 1.82) is 0 Å². The molecule has 3 atom stereocenters. The van der Waals surface area contributed by atoms with Crippen LogP contribution in [0.4, 0.5) is 5.69 Å². The van der Waals surface area contributed by atoms with Crippen LogP contribution in [0.5, 0.6) is 11.5 Å². The number of carbonyl (C=O) groups excluding carboxylic acids is 1. The van der Waals surface area contributed by atoms with Crippen molar-refractivity contribution in [3.63, 3.8) is 0 Å². The predicted octanol–water partition coefficient (Wildman–Crippen LogP) is 3.35. The number of fused-ring (bicyclic) bond motifs is 1. The highest BCUT2D eigenvalue weighted by atomic mass is 32.2. The molecule has 0 unspecified atom stereocenters. The Balaban J connectivity index is 1.67. The number of likely N-dealkylation sites (N-methyl/N-ethyl adjacent to an activating group) is 1. The molecule has 1 aliphatic heterocycles. The van der Waals surface area contributed by atoms with E-state index in [1.54, 1.807) is 31.2 Å². The lowest BCUT2D eigenvalue weighted by molar-refractivity contribution is 0.0387. The standard InChI is InChI=1S/C30H37N3O8S2/c1-20-6-11-25(12-7-20)42(36,37)31-23-8-15-28-27(16-23)30(35)33(22(3)19-34)17-21(2)29(41-28)18-32(4)43(38,39)26-13-9-24(40-5)10-14-26/h6-16,21-22,29,31,34H,17-19H2,1-5H3/t21-,22-,29+/m0/s1. The van der Waals surface area contributed by atoms with Gasteiger partial charge in [0.25, 0.3) is 15.9 Å². The molecule has 43 heavy (non-hydrogen) atoms. The molecule has 2 N–H and O–H groups in total. The first kappa shape index (κ1) is 32.3. The van der Waals surface area contributed by atoms with Crippen LogP contribution in [0, 0.1) is 12.8 Å². The smallest absolute Gasteiger partial charge is 0.261 e. The Bertz CT molecular complexity index is 1660. The summed E-state index contributed by atoms with van der Waals surface area (Å²) in [5, 5.41) is 9.92. The molecule has 1 heterocycles. The van der Waals surface area contributed by atoms with Gasteiger partial charge in [0.05, 0.1) is 41.7 Å². The summed E-state index contributed by atoms with van der Waals surface area (Å²) < 4.78 is 67.9. The molecule has 3 aromatic rings. The van der Waals surface area contributed by atoms with E-state index in [2.05, 4.69) is 4.72 Å². The molecule has 4 rings (SSSR count). The molecule has 1 amide bonds. The molecular formula is C30H37N3O8S2. The number of aliphatic hydroxyl groups is 1. The van der Waals surface area contributed by atoms with Gasteiger partial charge in [0.15, 0.2) is 0 Å². The zero-order valence-electron chi connectivity index (χ0n) is 24.7. The Morgan fingerprint density at radius 2 is 1.67 bits per heavy atom. The average molecular weight is 632 g/mol. The van der Waals surface area contributed by atoms with E-state index >= 15 is 0 Å². The van der Waals surface area contributed by atoms with Gasteiger partial charge in [-0.1, -0.05) is 24.6 Å². The normalized spacial score (nSPS) is 18.3. The van der Waals surface area contributed by atoms with Crippen molar-refractivity contribution in [3.8, 4) is 11.5 Å². The van der Waals surface area contributed by atoms with Crippen molar-refractivity contribution in [2.45, 2.75) is 42.7 Å². The topological polar surface area (TPSA) is 143 Å². The monoisotopic (exact) mass is 631 g/mol. The maximum atomic E-state index is 13.7. The molecule has 0 aromatic heterocycles. The maximum Gasteiger partial charge on any atom is 0.261 e. The first-order valence-corrected chi connectivity index (χ1v) is 16.6. The third-order valence-corrected chi connectivity index (χ3v) is 10.7. The summed E-state index contributed by atoms with van der Waals surface area (Å²) in [6, 6.07) is 16.2. The van der Waals surface area contributed by atoms with Gasteiger partial charge in [-0.2, -0.15) is 4.31 Å². The summed E-state index contributed by atoms with van der Waals surface area (Å²) >= 11 is 0. The number of sulfonamides is 2. The Morgan fingerprint density at radius 1 is 1.05 bits per heavy atom. The Hall–Kier alpha value is -3.65. The summed E-state index contributed by atoms with van der Waals surface area (Å²) in [6.45, 7) is 5.23. The molecule has 1 aliphatic rings. The minimum Gasteiger partial charge on any atom is -0.497 e. The number of ether oxygens (including phenoxy) is 2. The minimum absolute atomic E-state index is 0.0354. The zero-order valence-corrected chi connectivity index (χ0v) is 26.4. The van der Waals surface area contributed by atoms with Crippen molar-refractivity contribution >= 4 is 31.6 Å². The first-order chi connectivity index (χ1) is 20.3. The fourth-order valence-electron chi connectivity index (χ4n) is 4.71. The summed E-state index contributed by atoms with van der Waals surface area (Å²) in [4.78, 5) is 15.4. The molecule has 11 nitrogen and oxygen atoms in total. The third kappa shape index (κ3) is 7.12. The Morgan fingerprint density at radius 3 is 2.28 bits per heavy atom. The SMILES string of the molecule is COc1ccc(S(=O)(=O)N(C)C[C@H]2Oc3ccc(NS(=O)(=O)c4ccc(C)cc4)cc3C(=O)N([C@@H](C)CO)C[C@@H]2C)cc1. The van der Waals surface area contributed by atoms with E-state index in [0.29, 0.717) is 5.75 Å². The quantitative estimate of drug-likeness (QED) is 0.347. The summed E-state index contributed by atoms with van der Waals surface area (Å²) in [7, 11) is -4.88. The average Bonchev–Trinajstić information content (AvgIpc) is 2.98. The molecule has 0 spiro atoms. The summed E-state index contributed by atoms with van der Waals surface area (Å²) in [5.41, 5.74) is 1.14. The third-order valence-electron chi connectivity index (χ3n) is 7.45. The second-order valence-electron chi connectivity index (χ2n) is 10.7. The number of nitrogens with one attached hydrogen (secondary N) is 1.